The van der Waals surface area contributed by atoms with E-state index >= 15 is 0 Å². The molecule has 450 valence electrons. The first-order chi connectivity index (χ1) is 47.6. The van der Waals surface area contributed by atoms with Crippen LogP contribution in [0.15, 0.2) is 388 Å². The Hall–Kier alpha value is -11.8. The molecule has 15 aromatic carbocycles. The molecule has 0 aliphatic carbocycles. The highest BCUT2D eigenvalue weighted by Crippen LogP contribution is 2.47. The van der Waals surface area contributed by atoms with E-state index in [9.17, 15) is 0 Å². The van der Waals surface area contributed by atoms with Gasteiger partial charge < -0.3 is 14.4 Å². The Morgan fingerprint density at radius 1 is 0.208 bits per heavy atom. The average molecular weight is 1250 g/mol. The van der Waals surface area contributed by atoms with Crippen molar-refractivity contribution < 1.29 is 0 Å². The number of hydrogen-bond donors (Lipinski definition) is 0. The Kier molecular flexibility index (Phi) is 14.0. The number of rotatable bonds is 13. The molecule has 0 spiro atoms. The van der Waals surface area contributed by atoms with E-state index in [4.69, 9.17) is 0 Å². The van der Waals surface area contributed by atoms with Gasteiger partial charge in [0.2, 0.25) is 0 Å². The summed E-state index contributed by atoms with van der Waals surface area (Å²) < 4.78 is 2.51. The Balaban J connectivity index is 0.959. The summed E-state index contributed by atoms with van der Waals surface area (Å²) in [5.41, 5.74) is 18.7. The van der Waals surface area contributed by atoms with E-state index in [1.807, 2.05) is 0 Å². The van der Waals surface area contributed by atoms with Gasteiger partial charge in [-0.15, -0.1) is 0 Å². The predicted octanol–water partition coefficient (Wildman–Crippen LogP) is 15.0. The lowest BCUT2D eigenvalue weighted by molar-refractivity contribution is 1.16. The van der Waals surface area contributed by atoms with E-state index in [0.29, 0.717) is 0 Å². The third-order valence-electron chi connectivity index (χ3n) is 20.5. The average Bonchev–Trinajstić information content (AvgIpc) is 0.819. The van der Waals surface area contributed by atoms with Gasteiger partial charge in [0, 0.05) is 44.9 Å². The van der Waals surface area contributed by atoms with Crippen molar-refractivity contribution in [3.05, 3.63) is 388 Å². The Morgan fingerprint density at radius 2 is 0.510 bits per heavy atom. The van der Waals surface area contributed by atoms with Crippen molar-refractivity contribution in [3.8, 4) is 27.9 Å². The molecule has 6 heteroatoms. The van der Waals surface area contributed by atoms with E-state index in [0.717, 1.165) is 50.8 Å². The van der Waals surface area contributed by atoms with Gasteiger partial charge in [0.05, 0.1) is 16.7 Å². The molecule has 18 rings (SSSR count). The first-order valence-corrected chi connectivity index (χ1v) is 37.3. The zero-order valence-corrected chi connectivity index (χ0v) is 54.9. The van der Waals surface area contributed by atoms with E-state index in [-0.39, 0.29) is 6.71 Å². The summed E-state index contributed by atoms with van der Waals surface area (Å²) in [5.74, 6) is 0. The van der Waals surface area contributed by atoms with Crippen molar-refractivity contribution in [1.29, 1.82) is 0 Å². The molecular weight excluding hydrogens is 1190 g/mol. The molecular formula is C90H64BN3Si2. The molecule has 0 atom stereocenters. The SMILES string of the molecule is c1ccc(-c2ccc(N3c4ccc([Si](c5ccccc5)(c5ccccc5)c5ccccc5)cc4B4c5cc(-c6ccccc6)ccc5N(c5ccc([Si](c6ccccc6)(c6ccccc6)c6ccccc6)cc5)c5cc(-n6c7ccccc7c7ccccc76)cc3c54)cc2)cc1. The molecule has 0 amide bonds. The fourth-order valence-corrected chi connectivity index (χ4v) is 25.9. The Bertz CT molecular complexity index is 5260. The van der Waals surface area contributed by atoms with Crippen molar-refractivity contribution in [2.75, 3.05) is 9.80 Å². The van der Waals surface area contributed by atoms with Crippen molar-refractivity contribution in [3.63, 3.8) is 0 Å². The summed E-state index contributed by atoms with van der Waals surface area (Å²) in [7, 11) is -5.98. The van der Waals surface area contributed by atoms with Crippen molar-refractivity contribution in [2.45, 2.75) is 0 Å². The second-order valence-electron chi connectivity index (χ2n) is 25.4. The zero-order chi connectivity index (χ0) is 63.6. The molecule has 0 fully saturated rings. The standard InChI is InChI=1S/C90H64BN3Si2/c1-9-29-65(30-10-1)67-49-52-69(53-50-67)92-87-60-58-79(96(75-39-19-6-20-40-75,76-41-21-7-22-42-76)77-43-23-8-24-44-77)64-83(87)91-82-61-68(66-31-11-2-12-32-66)51-59-86(82)93(89-63-71(62-88(92)90(89)91)94-84-47-27-25-45-80(84)81-46-26-28-48-85(81)94)70-54-56-78(57-55-70)95(72-33-13-3-14-34-72,73-35-15-4-16-36-73)74-37-17-5-18-38-74/h1-64H. The van der Waals surface area contributed by atoms with Crippen LogP contribution in [0.5, 0.6) is 0 Å². The summed E-state index contributed by atoms with van der Waals surface area (Å²) in [6.07, 6.45) is 0. The van der Waals surface area contributed by atoms with Crippen LogP contribution in [0.3, 0.4) is 0 Å². The number of para-hydroxylation sites is 2. The monoisotopic (exact) mass is 1250 g/mol. The molecule has 0 saturated heterocycles. The van der Waals surface area contributed by atoms with Gasteiger partial charge in [0.15, 0.2) is 16.1 Å². The van der Waals surface area contributed by atoms with Crippen LogP contribution >= 0.6 is 0 Å². The van der Waals surface area contributed by atoms with Gasteiger partial charge in [-0.3, -0.25) is 0 Å². The molecule has 2 aliphatic heterocycles. The van der Waals surface area contributed by atoms with Crippen molar-refractivity contribution in [2.24, 2.45) is 0 Å². The molecule has 1 aromatic heterocycles. The second kappa shape index (κ2) is 23.6. The van der Waals surface area contributed by atoms with Crippen LogP contribution in [0.1, 0.15) is 0 Å². The van der Waals surface area contributed by atoms with E-state index < -0.39 is 16.1 Å². The molecule has 2 aliphatic rings. The Morgan fingerprint density at radius 3 is 0.938 bits per heavy atom. The quantitative estimate of drug-likeness (QED) is 0.0842. The highest BCUT2D eigenvalue weighted by atomic mass is 28.3. The molecule has 0 N–H and O–H groups in total. The minimum absolute atomic E-state index is 0.213. The van der Waals surface area contributed by atoms with E-state index in [2.05, 4.69) is 403 Å². The van der Waals surface area contributed by atoms with Crippen LogP contribution in [-0.4, -0.2) is 27.4 Å². The first kappa shape index (κ1) is 56.9. The van der Waals surface area contributed by atoms with Gasteiger partial charge in [-0.1, -0.05) is 328 Å². The number of fused-ring (bicyclic) bond motifs is 7. The summed E-state index contributed by atoms with van der Waals surface area (Å²) in [6, 6.07) is 147. The number of hydrogen-bond acceptors (Lipinski definition) is 2. The van der Waals surface area contributed by atoms with Gasteiger partial charge in [0.25, 0.3) is 6.71 Å². The third-order valence-corrected chi connectivity index (χ3v) is 30.0. The van der Waals surface area contributed by atoms with Gasteiger partial charge in [-0.2, -0.15) is 0 Å². The lowest BCUT2D eigenvalue weighted by atomic mass is 9.33. The number of benzene rings is 15. The Labute approximate surface area is 563 Å². The molecule has 0 unspecified atom stereocenters. The molecule has 16 aromatic rings. The van der Waals surface area contributed by atoms with Gasteiger partial charge in [0.1, 0.15) is 0 Å². The highest BCUT2D eigenvalue weighted by molar-refractivity contribution is 7.20. The second-order valence-corrected chi connectivity index (χ2v) is 33.1. The highest BCUT2D eigenvalue weighted by Gasteiger charge is 2.48. The maximum atomic E-state index is 2.66. The largest absolute Gasteiger partial charge is 0.311 e. The molecule has 96 heavy (non-hydrogen) atoms. The molecule has 0 bridgehead atoms. The lowest BCUT2D eigenvalue weighted by Gasteiger charge is -2.45. The van der Waals surface area contributed by atoms with Crippen LogP contribution in [0, 0.1) is 0 Å². The predicted molar refractivity (Wildman–Crippen MR) is 413 cm³/mol. The molecule has 0 radical (unpaired) electrons. The normalized spacial score (nSPS) is 12.5. The minimum atomic E-state index is -3.08. The van der Waals surface area contributed by atoms with Crippen LogP contribution in [0.25, 0.3) is 49.7 Å². The topological polar surface area (TPSA) is 11.4 Å². The molecule has 3 nitrogen and oxygen atoms in total. The summed E-state index contributed by atoms with van der Waals surface area (Å²) in [6.45, 7) is -0.213. The van der Waals surface area contributed by atoms with Crippen molar-refractivity contribution >= 4 is 137 Å². The molecule has 0 saturated carbocycles. The number of aromatic nitrogens is 1. The van der Waals surface area contributed by atoms with Gasteiger partial charge >= 0.3 is 0 Å². The summed E-state index contributed by atoms with van der Waals surface area (Å²) >= 11 is 0. The van der Waals surface area contributed by atoms with Crippen molar-refractivity contribution in [1.82, 2.24) is 4.57 Å². The fourth-order valence-electron chi connectivity index (χ4n) is 16.3. The maximum absolute atomic E-state index is 3.08. The third kappa shape index (κ3) is 9.09. The van der Waals surface area contributed by atoms with Crippen LogP contribution < -0.4 is 67.7 Å². The van der Waals surface area contributed by atoms with Crippen LogP contribution in [-0.2, 0) is 0 Å². The molecule has 3 heterocycles. The number of nitrogens with zero attached hydrogens (tertiary/aromatic N) is 3. The smallest absolute Gasteiger partial charge is 0.252 e. The van der Waals surface area contributed by atoms with E-state index in [1.165, 1.54) is 90.9 Å². The zero-order valence-electron chi connectivity index (χ0n) is 52.9. The first-order valence-electron chi connectivity index (χ1n) is 33.3. The van der Waals surface area contributed by atoms with Crippen LogP contribution in [0.4, 0.5) is 34.1 Å². The lowest BCUT2D eigenvalue weighted by Crippen LogP contribution is -2.75. The maximum Gasteiger partial charge on any atom is 0.252 e. The van der Waals surface area contributed by atoms with Gasteiger partial charge in [-0.05, 0) is 141 Å². The summed E-state index contributed by atoms with van der Waals surface area (Å²) in [4.78, 5) is 5.21. The van der Waals surface area contributed by atoms with Gasteiger partial charge in [-0.25, -0.2) is 0 Å². The number of anilines is 6. The fraction of sp³-hybridized carbons (Fsp3) is 0. The van der Waals surface area contributed by atoms with E-state index in [1.54, 1.807) is 0 Å². The summed E-state index contributed by atoms with van der Waals surface area (Å²) in [5, 5.41) is 13.1. The minimum Gasteiger partial charge on any atom is -0.311 e. The van der Waals surface area contributed by atoms with Crippen LogP contribution in [0.2, 0.25) is 0 Å².